The molecule has 102 valence electrons. The molecule has 0 radical (unpaired) electrons. The second-order valence-electron chi connectivity index (χ2n) is 7.18. The summed E-state index contributed by atoms with van der Waals surface area (Å²) in [4.78, 5) is 0. The van der Waals surface area contributed by atoms with Gasteiger partial charge in [-0.25, -0.2) is 0 Å². The van der Waals surface area contributed by atoms with E-state index < -0.39 is 0 Å². The summed E-state index contributed by atoms with van der Waals surface area (Å²) in [5.41, 5.74) is 9.71. The zero-order valence-corrected chi connectivity index (χ0v) is 11.7. The van der Waals surface area contributed by atoms with Crippen LogP contribution in [0.3, 0.4) is 0 Å². The first kappa shape index (κ1) is 12.0. The Kier molecular flexibility index (Phi) is 2.91. The third-order valence-electron chi connectivity index (χ3n) is 6.16. The molecule has 1 aromatic rings. The van der Waals surface area contributed by atoms with Crippen molar-refractivity contribution >= 4 is 0 Å². The van der Waals surface area contributed by atoms with E-state index in [9.17, 15) is 0 Å². The maximum Gasteiger partial charge on any atom is 0.0111 e. The molecule has 0 amide bonds. The summed E-state index contributed by atoms with van der Waals surface area (Å²) in [6.07, 6.45) is 9.78. The Bertz CT molecular complexity index is 467. The van der Waals surface area contributed by atoms with E-state index in [1.54, 1.807) is 11.1 Å². The molecule has 3 aliphatic carbocycles. The molecule has 2 fully saturated rings. The SMILES string of the molecule is NC(CC1CC2CCC1C2)C1CCc2ccccc21. The van der Waals surface area contributed by atoms with E-state index >= 15 is 0 Å². The second kappa shape index (κ2) is 4.63. The van der Waals surface area contributed by atoms with Gasteiger partial charge in [0.2, 0.25) is 0 Å². The topological polar surface area (TPSA) is 26.0 Å². The molecular weight excluding hydrogens is 230 g/mol. The van der Waals surface area contributed by atoms with Gasteiger partial charge in [0.05, 0.1) is 0 Å². The van der Waals surface area contributed by atoms with Gasteiger partial charge in [-0.15, -0.1) is 0 Å². The summed E-state index contributed by atoms with van der Waals surface area (Å²) in [6.45, 7) is 0. The molecule has 0 aliphatic heterocycles. The molecule has 0 spiro atoms. The van der Waals surface area contributed by atoms with Crippen LogP contribution >= 0.6 is 0 Å². The van der Waals surface area contributed by atoms with Gasteiger partial charge >= 0.3 is 0 Å². The van der Waals surface area contributed by atoms with Crippen molar-refractivity contribution in [1.29, 1.82) is 0 Å². The van der Waals surface area contributed by atoms with Gasteiger partial charge in [-0.3, -0.25) is 0 Å². The molecule has 19 heavy (non-hydrogen) atoms. The van der Waals surface area contributed by atoms with Crippen molar-refractivity contribution in [2.24, 2.45) is 23.5 Å². The highest BCUT2D eigenvalue weighted by Crippen LogP contribution is 2.50. The van der Waals surface area contributed by atoms with Crippen molar-refractivity contribution in [3.8, 4) is 0 Å². The Labute approximate surface area is 116 Å². The molecule has 3 aliphatic rings. The van der Waals surface area contributed by atoms with Gasteiger partial charge in [0.1, 0.15) is 0 Å². The largest absolute Gasteiger partial charge is 0.327 e. The van der Waals surface area contributed by atoms with Crippen LogP contribution < -0.4 is 5.73 Å². The standard InChI is InChI=1S/C18H25N/c19-18(11-15-10-12-5-6-14(15)9-12)17-8-7-13-3-1-2-4-16(13)17/h1-4,12,14-15,17-18H,5-11,19H2. The molecular formula is C18H25N. The summed E-state index contributed by atoms with van der Waals surface area (Å²) < 4.78 is 0. The molecule has 2 saturated carbocycles. The van der Waals surface area contributed by atoms with Crippen LogP contribution in [-0.4, -0.2) is 6.04 Å². The smallest absolute Gasteiger partial charge is 0.0111 e. The van der Waals surface area contributed by atoms with Gasteiger partial charge in [-0.1, -0.05) is 30.7 Å². The lowest BCUT2D eigenvalue weighted by molar-refractivity contribution is 0.281. The van der Waals surface area contributed by atoms with Crippen LogP contribution in [0.25, 0.3) is 0 Å². The molecule has 5 atom stereocenters. The van der Waals surface area contributed by atoms with Crippen molar-refractivity contribution in [2.75, 3.05) is 0 Å². The Morgan fingerprint density at radius 3 is 2.79 bits per heavy atom. The number of hydrogen-bond acceptors (Lipinski definition) is 1. The number of benzene rings is 1. The fourth-order valence-corrected chi connectivity index (χ4v) is 5.21. The molecule has 1 heteroatoms. The minimum absolute atomic E-state index is 0.396. The maximum atomic E-state index is 6.61. The quantitative estimate of drug-likeness (QED) is 0.871. The Hall–Kier alpha value is -0.820. The predicted octanol–water partition coefficient (Wildman–Crippen LogP) is 3.87. The van der Waals surface area contributed by atoms with E-state index in [0.29, 0.717) is 12.0 Å². The molecule has 0 aromatic heterocycles. The minimum Gasteiger partial charge on any atom is -0.327 e. The zero-order chi connectivity index (χ0) is 12.8. The Morgan fingerprint density at radius 1 is 1.11 bits per heavy atom. The normalized spacial score (nSPS) is 37.5. The minimum atomic E-state index is 0.396. The van der Waals surface area contributed by atoms with Gasteiger partial charge in [0.25, 0.3) is 0 Å². The average molecular weight is 255 g/mol. The highest BCUT2D eigenvalue weighted by atomic mass is 14.7. The Morgan fingerprint density at radius 2 is 2.00 bits per heavy atom. The first-order chi connectivity index (χ1) is 9.31. The van der Waals surface area contributed by atoms with Crippen molar-refractivity contribution in [2.45, 2.75) is 56.9 Å². The molecule has 4 rings (SSSR count). The second-order valence-corrected chi connectivity index (χ2v) is 7.18. The number of aryl methyl sites for hydroxylation is 1. The fourth-order valence-electron chi connectivity index (χ4n) is 5.21. The van der Waals surface area contributed by atoms with Crippen LogP contribution in [0.4, 0.5) is 0 Å². The number of rotatable bonds is 3. The van der Waals surface area contributed by atoms with Crippen LogP contribution in [0.2, 0.25) is 0 Å². The molecule has 2 N–H and O–H groups in total. The summed E-state index contributed by atoms with van der Waals surface area (Å²) in [5.74, 6) is 3.66. The highest BCUT2D eigenvalue weighted by molar-refractivity contribution is 5.35. The van der Waals surface area contributed by atoms with E-state index in [-0.39, 0.29) is 0 Å². The number of hydrogen-bond donors (Lipinski definition) is 1. The lowest BCUT2D eigenvalue weighted by Crippen LogP contribution is -2.31. The number of fused-ring (bicyclic) bond motifs is 3. The van der Waals surface area contributed by atoms with Crippen LogP contribution in [0.15, 0.2) is 24.3 Å². The fraction of sp³-hybridized carbons (Fsp3) is 0.667. The van der Waals surface area contributed by atoms with Crippen LogP contribution in [-0.2, 0) is 6.42 Å². The lowest BCUT2D eigenvalue weighted by atomic mass is 9.80. The van der Waals surface area contributed by atoms with Gasteiger partial charge in [0, 0.05) is 6.04 Å². The maximum absolute atomic E-state index is 6.61. The third-order valence-corrected chi connectivity index (χ3v) is 6.16. The predicted molar refractivity (Wildman–Crippen MR) is 79.0 cm³/mol. The van der Waals surface area contributed by atoms with Crippen LogP contribution in [0.1, 0.15) is 55.6 Å². The van der Waals surface area contributed by atoms with Crippen LogP contribution in [0, 0.1) is 17.8 Å². The van der Waals surface area contributed by atoms with E-state index in [2.05, 4.69) is 24.3 Å². The van der Waals surface area contributed by atoms with Crippen molar-refractivity contribution in [3.63, 3.8) is 0 Å². The summed E-state index contributed by atoms with van der Waals surface area (Å²) >= 11 is 0. The molecule has 0 saturated heterocycles. The van der Waals surface area contributed by atoms with Gasteiger partial charge in [0.15, 0.2) is 0 Å². The molecule has 1 aromatic carbocycles. The van der Waals surface area contributed by atoms with Gasteiger partial charge in [-0.2, -0.15) is 0 Å². The molecule has 5 unspecified atom stereocenters. The van der Waals surface area contributed by atoms with E-state index in [0.717, 1.165) is 17.8 Å². The van der Waals surface area contributed by atoms with E-state index in [1.807, 2.05) is 0 Å². The average Bonchev–Trinajstić information content (AvgIpc) is 3.13. The highest BCUT2D eigenvalue weighted by Gasteiger charge is 2.41. The van der Waals surface area contributed by atoms with Gasteiger partial charge < -0.3 is 5.73 Å². The summed E-state index contributed by atoms with van der Waals surface area (Å²) in [5, 5.41) is 0. The third kappa shape index (κ3) is 2.03. The van der Waals surface area contributed by atoms with Crippen LogP contribution in [0.5, 0.6) is 0 Å². The lowest BCUT2D eigenvalue weighted by Gasteiger charge is -2.28. The van der Waals surface area contributed by atoms with Crippen molar-refractivity contribution in [1.82, 2.24) is 0 Å². The zero-order valence-electron chi connectivity index (χ0n) is 11.7. The molecule has 2 bridgehead atoms. The van der Waals surface area contributed by atoms with E-state index in [1.165, 1.54) is 44.9 Å². The first-order valence-corrected chi connectivity index (χ1v) is 8.14. The monoisotopic (exact) mass is 255 g/mol. The van der Waals surface area contributed by atoms with Crippen molar-refractivity contribution < 1.29 is 0 Å². The van der Waals surface area contributed by atoms with E-state index in [4.69, 9.17) is 5.73 Å². The summed E-state index contributed by atoms with van der Waals surface area (Å²) in [7, 11) is 0. The van der Waals surface area contributed by atoms with Gasteiger partial charge in [-0.05, 0) is 73.3 Å². The Balaban J connectivity index is 1.46. The summed E-state index contributed by atoms with van der Waals surface area (Å²) in [6, 6.07) is 9.35. The molecule has 1 nitrogen and oxygen atoms in total. The number of nitrogens with two attached hydrogens (primary N) is 1. The first-order valence-electron chi connectivity index (χ1n) is 8.14. The molecule has 0 heterocycles. The van der Waals surface area contributed by atoms with Crippen molar-refractivity contribution in [3.05, 3.63) is 35.4 Å².